The van der Waals surface area contributed by atoms with Crippen LogP contribution in [0.4, 0.5) is 0 Å². The van der Waals surface area contributed by atoms with Crippen LogP contribution >= 0.6 is 0 Å². The number of nitrogens with two attached hydrogens (primary N) is 1. The molecule has 0 aromatic carbocycles. The van der Waals surface area contributed by atoms with E-state index in [0.717, 1.165) is 12.8 Å². The summed E-state index contributed by atoms with van der Waals surface area (Å²) in [5.41, 5.74) is 5.49. The van der Waals surface area contributed by atoms with Crippen LogP contribution in [-0.2, 0) is 9.53 Å². The molecular weight excluding hydrogens is 118 g/mol. The van der Waals surface area contributed by atoms with Crippen LogP contribution in [0.15, 0.2) is 0 Å². The Morgan fingerprint density at radius 2 is 2.33 bits per heavy atom. The summed E-state index contributed by atoms with van der Waals surface area (Å²) in [5, 5.41) is 0. The third-order valence-corrected chi connectivity index (χ3v) is 1.58. The zero-order valence-corrected chi connectivity index (χ0v) is 5.46. The summed E-state index contributed by atoms with van der Waals surface area (Å²) in [7, 11) is 0. The maximum atomic E-state index is 10.3. The van der Waals surface area contributed by atoms with Crippen molar-refractivity contribution < 1.29 is 9.53 Å². The molecule has 3 heteroatoms. The van der Waals surface area contributed by atoms with Gasteiger partial charge in [-0.3, -0.25) is 4.79 Å². The lowest BCUT2D eigenvalue weighted by molar-refractivity contribution is -0.151. The van der Waals surface area contributed by atoms with Gasteiger partial charge in [0, 0.05) is 13.0 Å². The number of carbonyl (C=O) groups excluding carboxylic acids is 1. The van der Waals surface area contributed by atoms with Crippen molar-refractivity contribution in [2.45, 2.75) is 31.9 Å². The van der Waals surface area contributed by atoms with E-state index in [1.54, 1.807) is 0 Å². The van der Waals surface area contributed by atoms with Crippen LogP contribution in [0.1, 0.15) is 19.8 Å². The number of esters is 1. The van der Waals surface area contributed by atoms with E-state index in [1.165, 1.54) is 6.92 Å². The van der Waals surface area contributed by atoms with Gasteiger partial charge in [-0.1, -0.05) is 0 Å². The number of carbonyl (C=O) groups is 1. The molecule has 1 aliphatic carbocycles. The van der Waals surface area contributed by atoms with Gasteiger partial charge in [-0.15, -0.1) is 0 Å². The Kier molecular flexibility index (Phi) is 1.71. The van der Waals surface area contributed by atoms with E-state index >= 15 is 0 Å². The first-order valence-electron chi connectivity index (χ1n) is 3.13. The lowest BCUT2D eigenvalue weighted by Gasteiger charge is -2.32. The fraction of sp³-hybridized carbons (Fsp3) is 0.833. The van der Waals surface area contributed by atoms with Gasteiger partial charge < -0.3 is 10.5 Å². The summed E-state index contributed by atoms with van der Waals surface area (Å²) in [6.07, 6.45) is 1.92. The summed E-state index contributed by atoms with van der Waals surface area (Å²) in [5.74, 6) is -0.227. The normalized spacial score (nSPS) is 33.1. The van der Waals surface area contributed by atoms with E-state index in [0.29, 0.717) is 0 Å². The second-order valence-electron chi connectivity index (χ2n) is 2.39. The number of hydrogen-bond donors (Lipinski definition) is 1. The van der Waals surface area contributed by atoms with E-state index in [2.05, 4.69) is 0 Å². The SMILES string of the molecule is CC(=O)O[C@H]1CC[C@H]1N. The summed E-state index contributed by atoms with van der Waals surface area (Å²) < 4.78 is 4.83. The monoisotopic (exact) mass is 129 g/mol. The second-order valence-corrected chi connectivity index (χ2v) is 2.39. The largest absolute Gasteiger partial charge is 0.461 e. The average Bonchev–Trinajstić information content (AvgIpc) is 1.79. The number of rotatable bonds is 1. The highest BCUT2D eigenvalue weighted by Gasteiger charge is 2.29. The van der Waals surface area contributed by atoms with Gasteiger partial charge in [0.05, 0.1) is 0 Å². The van der Waals surface area contributed by atoms with Gasteiger partial charge in [0.15, 0.2) is 0 Å². The Morgan fingerprint density at radius 1 is 1.67 bits per heavy atom. The zero-order valence-electron chi connectivity index (χ0n) is 5.46. The molecule has 0 aromatic heterocycles. The predicted molar refractivity (Wildman–Crippen MR) is 32.8 cm³/mol. The molecule has 0 bridgehead atoms. The molecule has 0 saturated heterocycles. The highest BCUT2D eigenvalue weighted by molar-refractivity contribution is 5.66. The van der Waals surface area contributed by atoms with Crippen molar-refractivity contribution in [2.75, 3.05) is 0 Å². The van der Waals surface area contributed by atoms with Gasteiger partial charge >= 0.3 is 5.97 Å². The highest BCUT2D eigenvalue weighted by Crippen LogP contribution is 2.20. The van der Waals surface area contributed by atoms with Crippen LogP contribution in [0, 0.1) is 0 Å². The molecule has 0 aliphatic heterocycles. The molecule has 0 radical (unpaired) electrons. The van der Waals surface area contributed by atoms with Crippen molar-refractivity contribution in [3.8, 4) is 0 Å². The molecule has 0 amide bonds. The minimum absolute atomic E-state index is 0.00231. The molecule has 1 aliphatic rings. The molecule has 1 saturated carbocycles. The van der Waals surface area contributed by atoms with Crippen molar-refractivity contribution in [3.63, 3.8) is 0 Å². The van der Waals surface area contributed by atoms with Gasteiger partial charge in [-0.25, -0.2) is 0 Å². The molecule has 1 rings (SSSR count). The van der Waals surface area contributed by atoms with Gasteiger partial charge in [0.1, 0.15) is 6.10 Å². The lowest BCUT2D eigenvalue weighted by Crippen LogP contribution is -2.46. The van der Waals surface area contributed by atoms with Crippen LogP contribution in [0.5, 0.6) is 0 Å². The minimum Gasteiger partial charge on any atom is -0.461 e. The molecular formula is C6H11NO2. The molecule has 0 aromatic rings. The Bertz CT molecular complexity index is 124. The standard InChI is InChI=1S/C6H11NO2/c1-4(8)9-6-3-2-5(6)7/h5-6H,2-3,7H2,1H3/t5-,6+/m1/s1. The Hall–Kier alpha value is -0.570. The molecule has 0 spiro atoms. The van der Waals surface area contributed by atoms with Crippen molar-refractivity contribution in [1.82, 2.24) is 0 Å². The van der Waals surface area contributed by atoms with Crippen LogP contribution in [0.3, 0.4) is 0 Å². The summed E-state index contributed by atoms with van der Waals surface area (Å²) in [4.78, 5) is 10.3. The first-order valence-corrected chi connectivity index (χ1v) is 3.13. The third kappa shape index (κ3) is 1.42. The highest BCUT2D eigenvalue weighted by atomic mass is 16.5. The quantitative estimate of drug-likeness (QED) is 0.508. The first kappa shape index (κ1) is 6.55. The van der Waals surface area contributed by atoms with Crippen molar-refractivity contribution in [3.05, 3.63) is 0 Å². The van der Waals surface area contributed by atoms with Crippen LogP contribution in [-0.4, -0.2) is 18.1 Å². The summed E-state index contributed by atoms with van der Waals surface area (Å²) in [6, 6.07) is 0.0916. The molecule has 0 heterocycles. The van der Waals surface area contributed by atoms with Gasteiger partial charge in [0.25, 0.3) is 0 Å². The van der Waals surface area contributed by atoms with E-state index in [4.69, 9.17) is 10.5 Å². The second kappa shape index (κ2) is 2.35. The van der Waals surface area contributed by atoms with E-state index in [1.807, 2.05) is 0 Å². The first-order chi connectivity index (χ1) is 4.20. The fourth-order valence-electron chi connectivity index (χ4n) is 0.855. The van der Waals surface area contributed by atoms with Crippen LogP contribution in [0.25, 0.3) is 0 Å². The van der Waals surface area contributed by atoms with Crippen molar-refractivity contribution >= 4 is 5.97 Å². The maximum Gasteiger partial charge on any atom is 0.302 e. The Morgan fingerprint density at radius 3 is 2.44 bits per heavy atom. The molecule has 1 fully saturated rings. The fourth-order valence-corrected chi connectivity index (χ4v) is 0.855. The van der Waals surface area contributed by atoms with E-state index < -0.39 is 0 Å². The van der Waals surface area contributed by atoms with Crippen molar-refractivity contribution in [1.29, 1.82) is 0 Å². The smallest absolute Gasteiger partial charge is 0.302 e. The number of ether oxygens (including phenoxy) is 1. The zero-order chi connectivity index (χ0) is 6.85. The molecule has 2 N–H and O–H groups in total. The van der Waals surface area contributed by atoms with Gasteiger partial charge in [-0.2, -0.15) is 0 Å². The molecule has 3 nitrogen and oxygen atoms in total. The molecule has 0 unspecified atom stereocenters. The Balaban J connectivity index is 2.21. The predicted octanol–water partition coefficient (Wildman–Crippen LogP) is 0.0392. The van der Waals surface area contributed by atoms with E-state index in [-0.39, 0.29) is 18.1 Å². The summed E-state index contributed by atoms with van der Waals surface area (Å²) in [6.45, 7) is 1.41. The molecule has 2 atom stereocenters. The van der Waals surface area contributed by atoms with Gasteiger partial charge in [0.2, 0.25) is 0 Å². The van der Waals surface area contributed by atoms with Crippen LogP contribution < -0.4 is 5.73 Å². The van der Waals surface area contributed by atoms with Gasteiger partial charge in [-0.05, 0) is 12.8 Å². The third-order valence-electron chi connectivity index (χ3n) is 1.58. The Labute approximate surface area is 54.2 Å². The molecule has 9 heavy (non-hydrogen) atoms. The molecule has 52 valence electrons. The average molecular weight is 129 g/mol. The topological polar surface area (TPSA) is 52.3 Å². The minimum atomic E-state index is -0.227. The maximum absolute atomic E-state index is 10.3. The lowest BCUT2D eigenvalue weighted by atomic mass is 9.90. The van der Waals surface area contributed by atoms with E-state index in [9.17, 15) is 4.79 Å². The van der Waals surface area contributed by atoms with Crippen molar-refractivity contribution in [2.24, 2.45) is 5.73 Å². The summed E-state index contributed by atoms with van der Waals surface area (Å²) >= 11 is 0. The number of hydrogen-bond acceptors (Lipinski definition) is 3. The van der Waals surface area contributed by atoms with Crippen LogP contribution in [0.2, 0.25) is 0 Å².